The molecule has 0 spiro atoms. The van der Waals surface area contributed by atoms with Gasteiger partial charge in [-0.2, -0.15) is 0 Å². The molecule has 1 saturated heterocycles. The van der Waals surface area contributed by atoms with Crippen molar-refractivity contribution in [3.05, 3.63) is 60.4 Å². The minimum Gasteiger partial charge on any atom is -0.494 e. The van der Waals surface area contributed by atoms with Crippen molar-refractivity contribution in [1.82, 2.24) is 14.5 Å². The fraction of sp³-hybridized carbons (Fsp3) is 0.417. The average Bonchev–Trinajstić information content (AvgIpc) is 3.30. The molecule has 1 aliphatic rings. The van der Waals surface area contributed by atoms with Crippen molar-refractivity contribution in [3.8, 4) is 5.75 Å². The lowest BCUT2D eigenvalue weighted by Crippen LogP contribution is -2.26. The number of benzene rings is 2. The first-order chi connectivity index (χ1) is 14.3. The molecule has 152 valence electrons. The number of rotatable bonds is 9. The van der Waals surface area contributed by atoms with Crippen LogP contribution in [-0.4, -0.2) is 40.1 Å². The molecule has 0 unspecified atom stereocenters. The number of para-hydroxylation sites is 3. The fourth-order valence-electron chi connectivity index (χ4n) is 4.08. The summed E-state index contributed by atoms with van der Waals surface area (Å²) in [6, 6.07) is 18.2. The first kappa shape index (κ1) is 19.5. The Morgan fingerprint density at radius 2 is 1.83 bits per heavy atom. The molecule has 1 aromatic heterocycles. The Balaban J connectivity index is 1.48. The van der Waals surface area contributed by atoms with E-state index in [9.17, 15) is 4.79 Å². The summed E-state index contributed by atoms with van der Waals surface area (Å²) in [4.78, 5) is 19.4. The number of hydrogen-bond acceptors (Lipinski definition) is 3. The molecule has 2 aromatic carbocycles. The zero-order valence-corrected chi connectivity index (χ0v) is 17.1. The van der Waals surface area contributed by atoms with E-state index in [1.165, 1.54) is 0 Å². The van der Waals surface area contributed by atoms with Crippen molar-refractivity contribution in [3.63, 3.8) is 0 Å². The van der Waals surface area contributed by atoms with Gasteiger partial charge >= 0.3 is 0 Å². The summed E-state index contributed by atoms with van der Waals surface area (Å²) >= 11 is 0. The summed E-state index contributed by atoms with van der Waals surface area (Å²) in [5, 5.41) is 0. The number of aromatic nitrogens is 2. The number of nitrogens with zero attached hydrogens (tertiary/aromatic N) is 3. The van der Waals surface area contributed by atoms with E-state index in [1.807, 2.05) is 41.3 Å². The van der Waals surface area contributed by atoms with Gasteiger partial charge in [0.25, 0.3) is 0 Å². The van der Waals surface area contributed by atoms with Crippen LogP contribution in [0, 0.1) is 0 Å². The molecule has 0 saturated carbocycles. The van der Waals surface area contributed by atoms with Crippen molar-refractivity contribution < 1.29 is 9.53 Å². The van der Waals surface area contributed by atoms with E-state index in [4.69, 9.17) is 9.72 Å². The predicted molar refractivity (Wildman–Crippen MR) is 115 cm³/mol. The Kier molecular flexibility index (Phi) is 6.13. The van der Waals surface area contributed by atoms with Gasteiger partial charge in [0.1, 0.15) is 11.6 Å². The number of amides is 1. The maximum atomic E-state index is 12.5. The van der Waals surface area contributed by atoms with E-state index >= 15 is 0 Å². The van der Waals surface area contributed by atoms with Gasteiger partial charge < -0.3 is 14.2 Å². The third kappa shape index (κ3) is 4.44. The molecule has 4 rings (SSSR count). The highest BCUT2D eigenvalue weighted by atomic mass is 16.5. The third-order valence-corrected chi connectivity index (χ3v) is 5.58. The normalized spacial score (nSPS) is 16.7. The number of unbranched alkanes of at least 4 members (excludes halogenated alkanes) is 1. The van der Waals surface area contributed by atoms with E-state index in [-0.39, 0.29) is 11.8 Å². The van der Waals surface area contributed by atoms with E-state index in [0.29, 0.717) is 13.0 Å². The highest BCUT2D eigenvalue weighted by Crippen LogP contribution is 2.30. The lowest BCUT2D eigenvalue weighted by Gasteiger charge is -2.17. The van der Waals surface area contributed by atoms with Crippen molar-refractivity contribution in [1.29, 1.82) is 0 Å². The van der Waals surface area contributed by atoms with Gasteiger partial charge in [-0.25, -0.2) is 4.98 Å². The van der Waals surface area contributed by atoms with Crippen LogP contribution in [0.2, 0.25) is 0 Å². The minimum absolute atomic E-state index is 0.168. The van der Waals surface area contributed by atoms with Gasteiger partial charge in [0, 0.05) is 32.0 Å². The second-order valence-electron chi connectivity index (χ2n) is 7.72. The van der Waals surface area contributed by atoms with Gasteiger partial charge in [-0.1, -0.05) is 43.7 Å². The van der Waals surface area contributed by atoms with Crippen LogP contribution in [-0.2, 0) is 11.3 Å². The number of hydrogen-bond donors (Lipinski definition) is 0. The first-order valence-corrected chi connectivity index (χ1v) is 10.7. The Morgan fingerprint density at radius 3 is 2.66 bits per heavy atom. The lowest BCUT2D eigenvalue weighted by atomic mass is 10.1. The monoisotopic (exact) mass is 391 g/mol. The Labute approximate surface area is 172 Å². The first-order valence-electron chi connectivity index (χ1n) is 10.7. The largest absolute Gasteiger partial charge is 0.494 e. The molecule has 29 heavy (non-hydrogen) atoms. The second kappa shape index (κ2) is 9.12. The quantitative estimate of drug-likeness (QED) is 0.500. The zero-order valence-electron chi connectivity index (χ0n) is 17.1. The lowest BCUT2D eigenvalue weighted by molar-refractivity contribution is -0.127. The topological polar surface area (TPSA) is 47.4 Å². The van der Waals surface area contributed by atoms with Gasteiger partial charge in [-0.3, -0.25) is 4.79 Å². The zero-order chi connectivity index (χ0) is 20.1. The number of carbonyl (C=O) groups excluding carboxylic acids is 1. The molecular formula is C24H29N3O2. The van der Waals surface area contributed by atoms with Gasteiger partial charge in [0.15, 0.2) is 0 Å². The fourth-order valence-corrected chi connectivity index (χ4v) is 4.08. The molecule has 1 fully saturated rings. The molecule has 0 radical (unpaired) electrons. The molecule has 1 aliphatic heterocycles. The molecule has 5 heteroatoms. The van der Waals surface area contributed by atoms with Crippen LogP contribution >= 0.6 is 0 Å². The molecule has 1 atom stereocenters. The molecule has 2 heterocycles. The SMILES string of the molecule is CCCCN1C[C@@H](c2nc3ccccc3n2CCCOc2ccccc2)CC1=O. The summed E-state index contributed by atoms with van der Waals surface area (Å²) in [6.07, 6.45) is 3.62. The second-order valence-corrected chi connectivity index (χ2v) is 7.72. The van der Waals surface area contributed by atoms with Gasteiger partial charge in [-0.05, 0) is 37.1 Å². The van der Waals surface area contributed by atoms with E-state index in [0.717, 1.165) is 61.5 Å². The van der Waals surface area contributed by atoms with Crippen molar-refractivity contribution in [2.75, 3.05) is 19.7 Å². The van der Waals surface area contributed by atoms with E-state index < -0.39 is 0 Å². The number of aryl methyl sites for hydroxylation is 1. The summed E-state index contributed by atoms with van der Waals surface area (Å²) < 4.78 is 8.16. The molecule has 3 aromatic rings. The third-order valence-electron chi connectivity index (χ3n) is 5.58. The highest BCUT2D eigenvalue weighted by molar-refractivity contribution is 5.80. The van der Waals surface area contributed by atoms with Crippen LogP contribution in [0.5, 0.6) is 5.75 Å². The van der Waals surface area contributed by atoms with Crippen LogP contribution in [0.25, 0.3) is 11.0 Å². The van der Waals surface area contributed by atoms with Gasteiger partial charge in [-0.15, -0.1) is 0 Å². The maximum absolute atomic E-state index is 12.5. The van der Waals surface area contributed by atoms with Crippen LogP contribution in [0.4, 0.5) is 0 Å². The maximum Gasteiger partial charge on any atom is 0.223 e. The summed E-state index contributed by atoms with van der Waals surface area (Å²) in [5.41, 5.74) is 2.15. The summed E-state index contributed by atoms with van der Waals surface area (Å²) in [6.45, 7) is 5.29. The predicted octanol–water partition coefficient (Wildman–Crippen LogP) is 4.62. The Bertz CT molecular complexity index is 951. The van der Waals surface area contributed by atoms with Crippen molar-refractivity contribution >= 4 is 16.9 Å². The van der Waals surface area contributed by atoms with Crippen molar-refractivity contribution in [2.24, 2.45) is 0 Å². The number of ether oxygens (including phenoxy) is 1. The molecule has 5 nitrogen and oxygen atoms in total. The number of likely N-dealkylation sites (tertiary alicyclic amines) is 1. The van der Waals surface area contributed by atoms with Crippen LogP contribution in [0.3, 0.4) is 0 Å². The smallest absolute Gasteiger partial charge is 0.223 e. The molecule has 1 amide bonds. The summed E-state index contributed by atoms with van der Waals surface area (Å²) in [5.74, 6) is 2.37. The number of imidazole rings is 1. The highest BCUT2D eigenvalue weighted by Gasteiger charge is 2.33. The molecule has 0 aliphatic carbocycles. The summed E-state index contributed by atoms with van der Waals surface area (Å²) in [7, 11) is 0. The minimum atomic E-state index is 0.168. The molecule has 0 bridgehead atoms. The standard InChI is InChI=1S/C24H29N3O2/c1-2-3-14-26-18-19(17-23(26)28)24-25-21-12-7-8-13-22(21)27(24)15-9-16-29-20-10-5-4-6-11-20/h4-8,10-13,19H,2-3,9,14-18H2,1H3/t19-/m0/s1. The molecular weight excluding hydrogens is 362 g/mol. The van der Waals surface area contributed by atoms with Gasteiger partial charge in [0.05, 0.1) is 17.6 Å². The number of carbonyl (C=O) groups is 1. The number of fused-ring (bicyclic) bond motifs is 1. The van der Waals surface area contributed by atoms with E-state index in [2.05, 4.69) is 29.7 Å². The Morgan fingerprint density at radius 1 is 1.03 bits per heavy atom. The van der Waals surface area contributed by atoms with Crippen LogP contribution < -0.4 is 4.74 Å². The van der Waals surface area contributed by atoms with Crippen LogP contribution in [0.1, 0.15) is 44.3 Å². The van der Waals surface area contributed by atoms with Crippen LogP contribution in [0.15, 0.2) is 54.6 Å². The molecule has 0 N–H and O–H groups in total. The van der Waals surface area contributed by atoms with Crippen molar-refractivity contribution in [2.45, 2.75) is 45.1 Å². The van der Waals surface area contributed by atoms with Gasteiger partial charge in [0.2, 0.25) is 5.91 Å². The Hall–Kier alpha value is -2.82. The average molecular weight is 392 g/mol. The van der Waals surface area contributed by atoms with E-state index in [1.54, 1.807) is 0 Å².